The zero-order valence-electron chi connectivity index (χ0n) is 15.6. The van der Waals surface area contributed by atoms with Crippen molar-refractivity contribution in [2.45, 2.75) is 64.4 Å². The minimum absolute atomic E-state index is 0.123. The van der Waals surface area contributed by atoms with Crippen LogP contribution in [-0.2, 0) is 14.4 Å². The van der Waals surface area contributed by atoms with Crippen LogP contribution in [0.2, 0.25) is 0 Å². The Kier molecular flexibility index (Phi) is 4.59. The van der Waals surface area contributed by atoms with Crippen molar-refractivity contribution in [1.29, 1.82) is 0 Å². The van der Waals surface area contributed by atoms with Crippen molar-refractivity contribution in [3.8, 4) is 0 Å². The first kappa shape index (κ1) is 19.5. The minimum atomic E-state index is -1.26. The molecule has 0 unspecified atom stereocenters. The molecule has 3 N–H and O–H groups in total. The molecule has 146 valence electrons. The van der Waals surface area contributed by atoms with E-state index in [0.717, 1.165) is 12.6 Å². The van der Waals surface area contributed by atoms with Crippen molar-refractivity contribution in [3.63, 3.8) is 0 Å². The van der Waals surface area contributed by atoms with Crippen molar-refractivity contribution in [2.24, 2.45) is 34.0 Å². The highest BCUT2D eigenvalue weighted by molar-refractivity contribution is 5.80. The van der Waals surface area contributed by atoms with Crippen molar-refractivity contribution in [2.75, 3.05) is 6.61 Å². The molecule has 7 atom stereocenters. The maximum absolute atomic E-state index is 12.2. The van der Waals surface area contributed by atoms with Crippen LogP contribution in [0, 0.1) is 34.0 Å². The Morgan fingerprint density at radius 1 is 1.19 bits per heavy atom. The van der Waals surface area contributed by atoms with Crippen LogP contribution in [0.25, 0.3) is 0 Å². The maximum Gasteiger partial charge on any atom is 0.310 e. The van der Waals surface area contributed by atoms with E-state index in [0.29, 0.717) is 38.5 Å². The molecule has 0 aromatic rings. The number of aliphatic hydroxyl groups excluding tert-OH is 1. The van der Waals surface area contributed by atoms with E-state index in [9.17, 15) is 29.7 Å². The highest BCUT2D eigenvalue weighted by Crippen LogP contribution is 2.66. The Hall–Kier alpha value is -1.27. The number of carbonyl (C=O) groups excluding carboxylic acids is 2. The third-order valence-electron chi connectivity index (χ3n) is 8.26. The molecule has 0 aromatic carbocycles. The zero-order valence-corrected chi connectivity index (χ0v) is 15.6. The Balaban J connectivity index is 2.05. The number of carbonyl (C=O) groups is 3. The number of carboxylic acid groups (broad SMARTS) is 1. The summed E-state index contributed by atoms with van der Waals surface area (Å²) in [6.07, 6.45) is 5.59. The lowest BCUT2D eigenvalue weighted by Gasteiger charge is -2.56. The van der Waals surface area contributed by atoms with Gasteiger partial charge in [0.25, 0.3) is 0 Å². The average Bonchev–Trinajstić information content (AvgIpc) is 2.83. The highest BCUT2D eigenvalue weighted by atomic mass is 16.4. The number of hydrogen-bond donors (Lipinski definition) is 3. The second-order valence-corrected chi connectivity index (χ2v) is 9.52. The van der Waals surface area contributed by atoms with Gasteiger partial charge in [-0.2, -0.15) is 0 Å². The monoisotopic (exact) mass is 366 g/mol. The smallest absolute Gasteiger partial charge is 0.310 e. The van der Waals surface area contributed by atoms with Crippen molar-refractivity contribution >= 4 is 18.5 Å². The van der Waals surface area contributed by atoms with E-state index in [1.54, 1.807) is 6.92 Å². The Bertz CT molecular complexity index is 619. The van der Waals surface area contributed by atoms with Gasteiger partial charge >= 0.3 is 5.97 Å². The fraction of sp³-hybridized carbons (Fsp3) is 0.850. The molecule has 0 amide bonds. The zero-order chi connectivity index (χ0) is 19.4. The number of rotatable bonds is 5. The molecule has 3 fully saturated rings. The van der Waals surface area contributed by atoms with E-state index in [-0.39, 0.29) is 24.9 Å². The van der Waals surface area contributed by atoms with Crippen molar-refractivity contribution in [1.82, 2.24) is 0 Å². The van der Waals surface area contributed by atoms with Gasteiger partial charge in [0, 0.05) is 11.3 Å². The van der Waals surface area contributed by atoms with Gasteiger partial charge in [-0.05, 0) is 62.7 Å². The van der Waals surface area contributed by atoms with Gasteiger partial charge in [0.15, 0.2) is 0 Å². The van der Waals surface area contributed by atoms with Gasteiger partial charge in [-0.3, -0.25) is 4.79 Å². The summed E-state index contributed by atoms with van der Waals surface area (Å²) < 4.78 is 0. The van der Waals surface area contributed by atoms with E-state index in [2.05, 4.69) is 0 Å². The molecule has 6 heteroatoms. The van der Waals surface area contributed by atoms with Crippen LogP contribution < -0.4 is 0 Å². The normalized spacial score (nSPS) is 51.0. The molecule has 0 spiro atoms. The molecule has 3 rings (SSSR count). The van der Waals surface area contributed by atoms with Crippen LogP contribution in [0.15, 0.2) is 0 Å². The lowest BCUT2D eigenvalue weighted by atomic mass is 9.46. The predicted octanol–water partition coefficient (Wildman–Crippen LogP) is 1.81. The van der Waals surface area contributed by atoms with Gasteiger partial charge in [-0.15, -0.1) is 0 Å². The predicted molar refractivity (Wildman–Crippen MR) is 93.2 cm³/mol. The van der Waals surface area contributed by atoms with Gasteiger partial charge in [0.2, 0.25) is 0 Å². The number of carboxylic acids is 1. The molecule has 0 aliphatic heterocycles. The summed E-state index contributed by atoms with van der Waals surface area (Å²) in [4.78, 5) is 36.3. The summed E-state index contributed by atoms with van der Waals surface area (Å²) in [7, 11) is 0. The molecule has 3 aliphatic carbocycles. The highest BCUT2D eigenvalue weighted by Gasteiger charge is 2.66. The Labute approximate surface area is 154 Å². The number of hydrogen-bond acceptors (Lipinski definition) is 5. The van der Waals surface area contributed by atoms with Gasteiger partial charge in [0.05, 0.1) is 17.6 Å². The van der Waals surface area contributed by atoms with E-state index in [1.165, 1.54) is 0 Å². The van der Waals surface area contributed by atoms with Gasteiger partial charge < -0.3 is 24.9 Å². The van der Waals surface area contributed by atoms with Crippen LogP contribution in [0.3, 0.4) is 0 Å². The van der Waals surface area contributed by atoms with Gasteiger partial charge in [-0.1, -0.05) is 13.3 Å². The van der Waals surface area contributed by atoms with Crippen molar-refractivity contribution in [3.05, 3.63) is 0 Å². The molecule has 0 aromatic heterocycles. The molecule has 0 heterocycles. The molecule has 3 saturated carbocycles. The molecule has 0 radical (unpaired) electrons. The summed E-state index contributed by atoms with van der Waals surface area (Å²) in [5.74, 6) is -1.93. The van der Waals surface area contributed by atoms with E-state index in [1.807, 2.05) is 6.92 Å². The number of fused-ring (bicyclic) bond motifs is 2. The van der Waals surface area contributed by atoms with E-state index < -0.39 is 33.7 Å². The summed E-state index contributed by atoms with van der Waals surface area (Å²) in [5, 5.41) is 30.3. The number of aldehydes is 2. The van der Waals surface area contributed by atoms with Crippen LogP contribution >= 0.6 is 0 Å². The van der Waals surface area contributed by atoms with Crippen LogP contribution in [0.4, 0.5) is 0 Å². The Morgan fingerprint density at radius 2 is 1.88 bits per heavy atom. The molecule has 3 aliphatic rings. The first-order valence-corrected chi connectivity index (χ1v) is 9.60. The van der Waals surface area contributed by atoms with Crippen molar-refractivity contribution < 1.29 is 29.7 Å². The van der Waals surface area contributed by atoms with Crippen LogP contribution in [-0.4, -0.2) is 46.1 Å². The summed E-state index contributed by atoms with van der Waals surface area (Å²) in [6.45, 7) is 3.23. The number of aliphatic carboxylic acids is 1. The molecular formula is C20H30O6. The molecule has 26 heavy (non-hydrogen) atoms. The molecule has 0 saturated heterocycles. The molecule has 2 bridgehead atoms. The quantitative estimate of drug-likeness (QED) is 0.640. The third-order valence-corrected chi connectivity index (χ3v) is 8.26. The van der Waals surface area contributed by atoms with Crippen LogP contribution in [0.1, 0.15) is 58.8 Å². The summed E-state index contributed by atoms with van der Waals surface area (Å²) in [6, 6.07) is 0. The van der Waals surface area contributed by atoms with Gasteiger partial charge in [0.1, 0.15) is 12.6 Å². The first-order valence-electron chi connectivity index (χ1n) is 9.60. The average molecular weight is 366 g/mol. The standard InChI is InChI=1S/C20H30O6/c1-17(6-3-7-18(2,16(24)25)15(17)9-21)14-5-4-13-8-19(14,11-22)10-20(13,26)12-23/h9,11,13-15,23,26H,3-8,10,12H2,1-2H3,(H,24,25)/t13-,14+,15+,17+,18-,19+,20+/m1/s1. The molecule has 6 nitrogen and oxygen atoms in total. The SMILES string of the molecule is C[C@@]1([C@@H]2CC[C@@H]3C[C@@]2(C=O)C[C@]3(O)CO)CCC[C@@](C)(C(=O)O)[C@H]1C=O. The largest absolute Gasteiger partial charge is 0.481 e. The third kappa shape index (κ3) is 2.41. The lowest BCUT2D eigenvalue weighted by Crippen LogP contribution is -2.55. The second kappa shape index (κ2) is 6.13. The van der Waals surface area contributed by atoms with Crippen LogP contribution in [0.5, 0.6) is 0 Å². The van der Waals surface area contributed by atoms with E-state index in [4.69, 9.17) is 0 Å². The summed E-state index contributed by atoms with van der Waals surface area (Å²) >= 11 is 0. The summed E-state index contributed by atoms with van der Waals surface area (Å²) in [5.41, 5.74) is -3.80. The Morgan fingerprint density at radius 3 is 2.42 bits per heavy atom. The topological polar surface area (TPSA) is 112 Å². The second-order valence-electron chi connectivity index (χ2n) is 9.52. The maximum atomic E-state index is 12.2. The molecular weight excluding hydrogens is 336 g/mol. The first-order chi connectivity index (χ1) is 12.1. The van der Waals surface area contributed by atoms with Gasteiger partial charge in [-0.25, -0.2) is 0 Å². The fourth-order valence-electron chi connectivity index (χ4n) is 6.88. The fourth-order valence-corrected chi connectivity index (χ4v) is 6.88. The van der Waals surface area contributed by atoms with E-state index >= 15 is 0 Å². The number of aliphatic hydroxyl groups is 2. The minimum Gasteiger partial charge on any atom is -0.481 e. The lowest BCUT2D eigenvalue weighted by molar-refractivity contribution is -0.170.